The van der Waals surface area contributed by atoms with Crippen LogP contribution in [0.4, 0.5) is 5.69 Å². The summed E-state index contributed by atoms with van der Waals surface area (Å²) in [5.74, 6) is 0. The Hall–Kier alpha value is -1.25. The molecular formula is C12H16N4O2S2. The summed E-state index contributed by atoms with van der Waals surface area (Å²) >= 11 is 8.57. The second-order valence-corrected chi connectivity index (χ2v) is 5.81. The molecule has 0 N–H and O–H groups in total. The van der Waals surface area contributed by atoms with Crippen molar-refractivity contribution < 1.29 is 4.92 Å². The Balaban J connectivity index is 1.89. The van der Waals surface area contributed by atoms with Gasteiger partial charge < -0.3 is 0 Å². The van der Waals surface area contributed by atoms with E-state index in [-0.39, 0.29) is 10.4 Å². The molecule has 0 aromatic heterocycles. The van der Waals surface area contributed by atoms with E-state index in [1.54, 1.807) is 18.3 Å². The van der Waals surface area contributed by atoms with Gasteiger partial charge in [0.2, 0.25) is 0 Å². The van der Waals surface area contributed by atoms with Crippen LogP contribution in [0.3, 0.4) is 0 Å². The number of nitrogens with zero attached hydrogens (tertiary/aromatic N) is 4. The Morgan fingerprint density at radius 2 is 1.80 bits per heavy atom. The van der Waals surface area contributed by atoms with Crippen molar-refractivity contribution in [2.45, 2.75) is 4.71 Å². The summed E-state index contributed by atoms with van der Waals surface area (Å²) in [7, 11) is 0. The smallest absolute Gasteiger partial charge is 0.269 e. The zero-order valence-electron chi connectivity index (χ0n) is 10.8. The predicted molar refractivity (Wildman–Crippen MR) is 85.6 cm³/mol. The summed E-state index contributed by atoms with van der Waals surface area (Å²) in [6.45, 7) is 3.38. The van der Waals surface area contributed by atoms with Crippen LogP contribution in [0.25, 0.3) is 0 Å². The molecule has 1 fully saturated rings. The second-order valence-electron chi connectivity index (χ2n) is 4.43. The van der Waals surface area contributed by atoms with Gasteiger partial charge in [-0.1, -0.05) is 0 Å². The van der Waals surface area contributed by atoms with Gasteiger partial charge in [-0.25, -0.2) is 0 Å². The Kier molecular flexibility index (Phi) is 5.27. The highest BCUT2D eigenvalue weighted by Gasteiger charge is 2.18. The highest BCUT2D eigenvalue weighted by atomic mass is 32.2. The zero-order valence-corrected chi connectivity index (χ0v) is 12.6. The van der Waals surface area contributed by atoms with Crippen LogP contribution in [0.5, 0.6) is 0 Å². The average molecular weight is 312 g/mol. The lowest BCUT2D eigenvalue weighted by atomic mass is 10.2. The maximum atomic E-state index is 10.5. The van der Waals surface area contributed by atoms with Crippen LogP contribution in [-0.4, -0.2) is 51.9 Å². The molecule has 0 spiro atoms. The lowest BCUT2D eigenvalue weighted by Gasteiger charge is -2.34. The molecular weight excluding hydrogens is 296 g/mol. The topological polar surface area (TPSA) is 62.0 Å². The van der Waals surface area contributed by atoms with E-state index in [1.165, 1.54) is 12.1 Å². The van der Waals surface area contributed by atoms with Gasteiger partial charge in [0.1, 0.15) is 0 Å². The Morgan fingerprint density at radius 1 is 1.20 bits per heavy atom. The van der Waals surface area contributed by atoms with Crippen molar-refractivity contribution >= 4 is 37.2 Å². The molecule has 1 aliphatic heterocycles. The molecule has 0 radical (unpaired) electrons. The van der Waals surface area contributed by atoms with Gasteiger partial charge in [-0.2, -0.15) is 5.10 Å². The maximum Gasteiger partial charge on any atom is 0.269 e. The first-order chi connectivity index (χ1) is 9.56. The number of piperazine rings is 1. The van der Waals surface area contributed by atoms with Gasteiger partial charge in [0, 0.05) is 38.3 Å². The van der Waals surface area contributed by atoms with Crippen molar-refractivity contribution in [2.24, 2.45) is 5.10 Å². The predicted octanol–water partition coefficient (Wildman–Crippen LogP) is 1.69. The molecule has 8 heteroatoms. The van der Waals surface area contributed by atoms with E-state index >= 15 is 0 Å². The van der Waals surface area contributed by atoms with Gasteiger partial charge in [-0.15, -0.1) is 25.3 Å². The highest BCUT2D eigenvalue weighted by molar-refractivity contribution is 7.99. The zero-order chi connectivity index (χ0) is 14.5. The largest absolute Gasteiger partial charge is 0.294 e. The van der Waals surface area contributed by atoms with Crippen LogP contribution >= 0.6 is 25.3 Å². The standard InChI is InChI=1S/C12H16N4O2S2/c17-16(18)11-3-1-10(2-4-11)9-13-15-7-5-14(6-8-15)12(19)20/h1-4,9,12,19-20H,5-8H2/b13-9+. The molecule has 20 heavy (non-hydrogen) atoms. The van der Waals surface area contributed by atoms with E-state index in [2.05, 4.69) is 35.3 Å². The molecule has 1 heterocycles. The summed E-state index contributed by atoms with van der Waals surface area (Å²) in [4.78, 5) is 12.3. The van der Waals surface area contributed by atoms with Gasteiger partial charge in [-0.3, -0.25) is 20.0 Å². The van der Waals surface area contributed by atoms with E-state index in [4.69, 9.17) is 0 Å². The Labute approximate surface area is 128 Å². The molecule has 1 aromatic carbocycles. The molecule has 0 amide bonds. The third-order valence-corrected chi connectivity index (χ3v) is 3.74. The molecule has 0 aliphatic carbocycles. The van der Waals surface area contributed by atoms with Crippen LogP contribution < -0.4 is 0 Å². The molecule has 108 valence electrons. The third-order valence-electron chi connectivity index (χ3n) is 3.09. The fourth-order valence-corrected chi connectivity index (χ4v) is 2.35. The van der Waals surface area contributed by atoms with Gasteiger partial charge in [0.25, 0.3) is 5.69 Å². The third kappa shape index (κ3) is 4.12. The Morgan fingerprint density at radius 3 is 2.30 bits per heavy atom. The number of nitro benzene ring substituents is 1. The first-order valence-corrected chi connectivity index (χ1v) is 7.23. The summed E-state index contributed by atoms with van der Waals surface area (Å²) < 4.78 is -0.0317. The highest BCUT2D eigenvalue weighted by Crippen LogP contribution is 2.13. The fourth-order valence-electron chi connectivity index (χ4n) is 1.89. The van der Waals surface area contributed by atoms with Crippen molar-refractivity contribution in [3.05, 3.63) is 39.9 Å². The van der Waals surface area contributed by atoms with Crippen molar-refractivity contribution in [1.29, 1.82) is 0 Å². The van der Waals surface area contributed by atoms with Crippen LogP contribution in [0.1, 0.15) is 5.56 Å². The van der Waals surface area contributed by atoms with Gasteiger partial charge in [-0.05, 0) is 17.7 Å². The number of hydrogen-bond donors (Lipinski definition) is 2. The number of hydrogen-bond acceptors (Lipinski definition) is 7. The number of non-ortho nitro benzene ring substituents is 1. The quantitative estimate of drug-likeness (QED) is 0.292. The molecule has 1 aliphatic rings. The molecule has 0 unspecified atom stereocenters. The normalized spacial score (nSPS) is 17.1. The molecule has 0 atom stereocenters. The Bertz CT molecular complexity index is 485. The molecule has 1 saturated heterocycles. The minimum Gasteiger partial charge on any atom is -0.294 e. The summed E-state index contributed by atoms with van der Waals surface area (Å²) in [6, 6.07) is 6.34. The second kappa shape index (κ2) is 6.96. The first-order valence-electron chi connectivity index (χ1n) is 6.20. The van der Waals surface area contributed by atoms with Crippen molar-refractivity contribution in [3.8, 4) is 0 Å². The van der Waals surface area contributed by atoms with Crippen LogP contribution in [0, 0.1) is 10.1 Å². The van der Waals surface area contributed by atoms with Crippen molar-refractivity contribution in [2.75, 3.05) is 26.2 Å². The minimum absolute atomic E-state index is 0.0317. The minimum atomic E-state index is -0.411. The monoisotopic (exact) mass is 312 g/mol. The van der Waals surface area contributed by atoms with Crippen molar-refractivity contribution in [1.82, 2.24) is 9.91 Å². The molecule has 2 rings (SSSR count). The number of benzene rings is 1. The molecule has 0 bridgehead atoms. The number of hydrazone groups is 1. The van der Waals surface area contributed by atoms with Gasteiger partial charge in [0.15, 0.2) is 0 Å². The first kappa shape index (κ1) is 15.1. The van der Waals surface area contributed by atoms with Gasteiger partial charge in [0.05, 0.1) is 15.8 Å². The molecule has 0 saturated carbocycles. The van der Waals surface area contributed by atoms with Gasteiger partial charge >= 0.3 is 0 Å². The SMILES string of the molecule is O=[N+]([O-])c1ccc(/C=N/N2CCN(C(S)S)CC2)cc1. The summed E-state index contributed by atoms with van der Waals surface area (Å²) in [6.07, 6.45) is 1.72. The summed E-state index contributed by atoms with van der Waals surface area (Å²) in [5, 5.41) is 16.9. The van der Waals surface area contributed by atoms with E-state index in [9.17, 15) is 10.1 Å². The average Bonchev–Trinajstić information content (AvgIpc) is 2.46. The van der Waals surface area contributed by atoms with E-state index in [1.807, 2.05) is 5.01 Å². The maximum absolute atomic E-state index is 10.5. The number of nitro groups is 1. The molecule has 1 aromatic rings. The lowest BCUT2D eigenvalue weighted by molar-refractivity contribution is -0.384. The fraction of sp³-hybridized carbons (Fsp3) is 0.417. The lowest BCUT2D eigenvalue weighted by Crippen LogP contribution is -2.45. The number of rotatable bonds is 4. The van der Waals surface area contributed by atoms with E-state index < -0.39 is 4.92 Å². The van der Waals surface area contributed by atoms with Crippen LogP contribution in [-0.2, 0) is 0 Å². The number of thiol groups is 2. The van der Waals surface area contributed by atoms with E-state index in [0.717, 1.165) is 31.7 Å². The van der Waals surface area contributed by atoms with Crippen LogP contribution in [0.15, 0.2) is 29.4 Å². The van der Waals surface area contributed by atoms with E-state index in [0.29, 0.717) is 0 Å². The van der Waals surface area contributed by atoms with Crippen molar-refractivity contribution in [3.63, 3.8) is 0 Å². The van der Waals surface area contributed by atoms with Crippen LogP contribution in [0.2, 0.25) is 0 Å². The molecule has 6 nitrogen and oxygen atoms in total. The summed E-state index contributed by atoms with van der Waals surface area (Å²) in [5.41, 5.74) is 0.934.